The summed E-state index contributed by atoms with van der Waals surface area (Å²) in [6.45, 7) is 6.66. The molecule has 0 aromatic heterocycles. The van der Waals surface area contributed by atoms with Crippen molar-refractivity contribution in [3.8, 4) is 5.75 Å². The molecule has 0 unspecified atom stereocenters. The number of ether oxygens (including phenoxy) is 1. The monoisotopic (exact) mass is 258 g/mol. The lowest BCUT2D eigenvalue weighted by atomic mass is 10.0. The Bertz CT molecular complexity index is 561. The Morgan fingerprint density at radius 2 is 1.84 bits per heavy atom. The zero-order valence-corrected chi connectivity index (χ0v) is 11.6. The summed E-state index contributed by atoms with van der Waals surface area (Å²) in [5.41, 5.74) is 3.13. The molecule has 0 atom stereocenters. The quantitative estimate of drug-likeness (QED) is 0.762. The van der Waals surface area contributed by atoms with Gasteiger partial charge < -0.3 is 4.74 Å². The molecule has 0 N–H and O–H groups in total. The number of para-hydroxylation sites is 1. The molecule has 2 heteroatoms. The molecule has 2 aromatic carbocycles. The van der Waals surface area contributed by atoms with E-state index in [1.54, 1.807) is 6.07 Å². The van der Waals surface area contributed by atoms with E-state index in [0.29, 0.717) is 12.5 Å². The number of aryl methyl sites for hydroxylation is 1. The molecule has 100 valence electrons. The van der Waals surface area contributed by atoms with Crippen LogP contribution < -0.4 is 4.74 Å². The second-order valence-corrected chi connectivity index (χ2v) is 5.05. The van der Waals surface area contributed by atoms with E-state index >= 15 is 0 Å². The van der Waals surface area contributed by atoms with Crippen molar-refractivity contribution in [2.75, 3.05) is 0 Å². The maximum Gasteiger partial charge on any atom is 0.123 e. The van der Waals surface area contributed by atoms with Crippen LogP contribution >= 0.6 is 0 Å². The summed E-state index contributed by atoms with van der Waals surface area (Å²) < 4.78 is 18.9. The van der Waals surface area contributed by atoms with Crippen molar-refractivity contribution in [2.24, 2.45) is 0 Å². The fraction of sp³-hybridized carbons (Fsp3) is 0.294. The van der Waals surface area contributed by atoms with E-state index in [1.165, 1.54) is 17.7 Å². The molecule has 0 aliphatic carbocycles. The molecule has 2 rings (SSSR count). The molecular weight excluding hydrogens is 239 g/mol. The van der Waals surface area contributed by atoms with Crippen molar-refractivity contribution in [1.29, 1.82) is 0 Å². The Balaban J connectivity index is 2.14. The van der Waals surface area contributed by atoms with E-state index in [0.717, 1.165) is 16.9 Å². The summed E-state index contributed by atoms with van der Waals surface area (Å²) in [4.78, 5) is 0. The van der Waals surface area contributed by atoms with Crippen molar-refractivity contribution < 1.29 is 9.13 Å². The van der Waals surface area contributed by atoms with Gasteiger partial charge in [-0.3, -0.25) is 0 Å². The Hall–Kier alpha value is -1.83. The molecule has 1 nitrogen and oxygen atoms in total. The minimum absolute atomic E-state index is 0.205. The smallest absolute Gasteiger partial charge is 0.123 e. The van der Waals surface area contributed by atoms with Crippen LogP contribution in [0.2, 0.25) is 0 Å². The van der Waals surface area contributed by atoms with Gasteiger partial charge in [-0.1, -0.05) is 38.1 Å². The third kappa shape index (κ3) is 3.34. The first-order valence-electron chi connectivity index (χ1n) is 6.54. The third-order valence-corrected chi connectivity index (χ3v) is 3.23. The highest BCUT2D eigenvalue weighted by molar-refractivity contribution is 5.36. The predicted molar refractivity (Wildman–Crippen MR) is 76.0 cm³/mol. The van der Waals surface area contributed by atoms with Crippen LogP contribution in [0.5, 0.6) is 5.75 Å². The lowest BCUT2D eigenvalue weighted by molar-refractivity contribution is 0.301. The third-order valence-electron chi connectivity index (χ3n) is 3.23. The standard InChI is InChI=1S/C17H19FO/c1-12(2)16-6-4-5-7-17(16)19-11-14-8-9-15(18)10-13(14)3/h4-10,12H,11H2,1-3H3. The summed E-state index contributed by atoms with van der Waals surface area (Å²) in [6.07, 6.45) is 0. The van der Waals surface area contributed by atoms with Crippen LogP contribution in [0.4, 0.5) is 4.39 Å². The van der Waals surface area contributed by atoms with Crippen LogP contribution in [-0.2, 0) is 6.61 Å². The van der Waals surface area contributed by atoms with Gasteiger partial charge >= 0.3 is 0 Å². The van der Waals surface area contributed by atoms with Crippen molar-refractivity contribution in [2.45, 2.75) is 33.3 Å². The van der Waals surface area contributed by atoms with Gasteiger partial charge in [-0.25, -0.2) is 4.39 Å². The van der Waals surface area contributed by atoms with Crippen molar-refractivity contribution in [1.82, 2.24) is 0 Å². The van der Waals surface area contributed by atoms with Crippen molar-refractivity contribution in [3.05, 3.63) is 65.0 Å². The highest BCUT2D eigenvalue weighted by Gasteiger charge is 2.08. The minimum atomic E-state index is -0.205. The number of rotatable bonds is 4. The van der Waals surface area contributed by atoms with Crippen molar-refractivity contribution in [3.63, 3.8) is 0 Å². The fourth-order valence-corrected chi connectivity index (χ4v) is 2.07. The first kappa shape index (κ1) is 13.6. The van der Waals surface area contributed by atoms with Crippen LogP contribution in [0.1, 0.15) is 36.5 Å². The molecule has 0 saturated carbocycles. The summed E-state index contributed by atoms with van der Waals surface area (Å²) in [5, 5.41) is 0. The molecule has 0 aliphatic rings. The first-order chi connectivity index (χ1) is 9.08. The zero-order chi connectivity index (χ0) is 13.8. The Labute approximate surface area is 114 Å². The molecule has 2 aromatic rings. The van der Waals surface area contributed by atoms with Crippen molar-refractivity contribution >= 4 is 0 Å². The van der Waals surface area contributed by atoms with Gasteiger partial charge in [-0.05, 0) is 47.7 Å². The lowest BCUT2D eigenvalue weighted by Crippen LogP contribution is -2.01. The number of hydrogen-bond acceptors (Lipinski definition) is 1. The maximum atomic E-state index is 13.0. The summed E-state index contributed by atoms with van der Waals surface area (Å²) in [5.74, 6) is 1.12. The van der Waals surface area contributed by atoms with Crippen LogP contribution in [0, 0.1) is 12.7 Å². The van der Waals surface area contributed by atoms with Crippen LogP contribution in [0.15, 0.2) is 42.5 Å². The average Bonchev–Trinajstić information content (AvgIpc) is 2.38. The van der Waals surface area contributed by atoms with Gasteiger partial charge in [0.1, 0.15) is 18.2 Å². The zero-order valence-electron chi connectivity index (χ0n) is 11.6. The summed E-state index contributed by atoms with van der Waals surface area (Å²) >= 11 is 0. The summed E-state index contributed by atoms with van der Waals surface area (Å²) in [7, 11) is 0. The largest absolute Gasteiger partial charge is 0.489 e. The highest BCUT2D eigenvalue weighted by Crippen LogP contribution is 2.26. The number of benzene rings is 2. The Morgan fingerprint density at radius 1 is 1.11 bits per heavy atom. The highest BCUT2D eigenvalue weighted by atomic mass is 19.1. The van der Waals surface area contributed by atoms with Gasteiger partial charge in [0.2, 0.25) is 0 Å². The van der Waals surface area contributed by atoms with E-state index in [-0.39, 0.29) is 5.82 Å². The van der Waals surface area contributed by atoms with Gasteiger partial charge in [0, 0.05) is 0 Å². The summed E-state index contributed by atoms with van der Waals surface area (Å²) in [6, 6.07) is 12.8. The number of halogens is 1. The Kier molecular flexibility index (Phi) is 4.20. The number of hydrogen-bond donors (Lipinski definition) is 0. The molecule has 19 heavy (non-hydrogen) atoms. The van der Waals surface area contributed by atoms with Gasteiger partial charge in [-0.2, -0.15) is 0 Å². The molecule has 0 heterocycles. The van der Waals surface area contributed by atoms with E-state index in [2.05, 4.69) is 19.9 Å². The van der Waals surface area contributed by atoms with Crippen LogP contribution in [-0.4, -0.2) is 0 Å². The van der Waals surface area contributed by atoms with Gasteiger partial charge in [-0.15, -0.1) is 0 Å². The van der Waals surface area contributed by atoms with Crippen LogP contribution in [0.3, 0.4) is 0 Å². The van der Waals surface area contributed by atoms with Gasteiger partial charge in [0.15, 0.2) is 0 Å². The average molecular weight is 258 g/mol. The van der Waals surface area contributed by atoms with Crippen LogP contribution in [0.25, 0.3) is 0 Å². The maximum absolute atomic E-state index is 13.0. The van der Waals surface area contributed by atoms with E-state index in [1.807, 2.05) is 25.1 Å². The molecule has 0 saturated heterocycles. The molecule has 0 amide bonds. The normalized spacial score (nSPS) is 10.8. The minimum Gasteiger partial charge on any atom is -0.489 e. The second-order valence-electron chi connectivity index (χ2n) is 5.05. The molecule has 0 spiro atoms. The fourth-order valence-electron chi connectivity index (χ4n) is 2.07. The topological polar surface area (TPSA) is 9.23 Å². The lowest BCUT2D eigenvalue weighted by Gasteiger charge is -2.14. The van der Waals surface area contributed by atoms with E-state index in [4.69, 9.17) is 4.74 Å². The molecule has 0 bridgehead atoms. The molecular formula is C17H19FO. The predicted octanol–water partition coefficient (Wildman–Crippen LogP) is 4.84. The van der Waals surface area contributed by atoms with Gasteiger partial charge in [0.05, 0.1) is 0 Å². The second kappa shape index (κ2) is 5.87. The van der Waals surface area contributed by atoms with E-state index in [9.17, 15) is 4.39 Å². The van der Waals surface area contributed by atoms with E-state index < -0.39 is 0 Å². The molecule has 0 aliphatic heterocycles. The van der Waals surface area contributed by atoms with Gasteiger partial charge in [0.25, 0.3) is 0 Å². The first-order valence-corrected chi connectivity index (χ1v) is 6.54. The SMILES string of the molecule is Cc1cc(F)ccc1COc1ccccc1C(C)C. The molecule has 0 fully saturated rings. The Morgan fingerprint density at radius 3 is 2.53 bits per heavy atom. The molecule has 0 radical (unpaired) electrons.